The van der Waals surface area contributed by atoms with Gasteiger partial charge in [-0.3, -0.25) is 4.90 Å². The molecule has 1 aliphatic heterocycles. The van der Waals surface area contributed by atoms with Gasteiger partial charge in [-0.1, -0.05) is 0 Å². The molecular formula is C20H37N5O2. The van der Waals surface area contributed by atoms with E-state index in [1.54, 1.807) is 6.92 Å². The summed E-state index contributed by atoms with van der Waals surface area (Å²) in [4.78, 5) is 9.49. The topological polar surface area (TPSA) is 76.3 Å². The Morgan fingerprint density at radius 3 is 2.52 bits per heavy atom. The first-order valence-electron chi connectivity index (χ1n) is 9.97. The van der Waals surface area contributed by atoms with Crippen LogP contribution < -0.4 is 10.6 Å². The summed E-state index contributed by atoms with van der Waals surface area (Å²) in [6.45, 7) is 16.1. The molecule has 1 fully saturated rings. The van der Waals surface area contributed by atoms with Gasteiger partial charge < -0.3 is 25.1 Å². The summed E-state index contributed by atoms with van der Waals surface area (Å²) in [5.41, 5.74) is -0.266. The highest BCUT2D eigenvalue weighted by atomic mass is 16.3. The molecule has 0 saturated carbocycles. The van der Waals surface area contributed by atoms with Crippen molar-refractivity contribution >= 4 is 5.96 Å². The van der Waals surface area contributed by atoms with E-state index in [0.29, 0.717) is 6.04 Å². The lowest BCUT2D eigenvalue weighted by Crippen LogP contribution is -2.52. The summed E-state index contributed by atoms with van der Waals surface area (Å²) in [6, 6.07) is 2.32. The standard InChI is InChI=1S/C20H37N5O2/c1-7-21-19(22-13-15(2)25-10-8-24(6)9-11-25)23-14-20(5,26)18-12-16(3)27-17(18)4/h12,15,26H,7-11,13-14H2,1-6H3,(H2,21,22,23). The summed E-state index contributed by atoms with van der Waals surface area (Å²) in [5.74, 6) is 2.28. The molecule has 2 unspecified atom stereocenters. The zero-order valence-electron chi connectivity index (χ0n) is 17.8. The smallest absolute Gasteiger partial charge is 0.191 e. The minimum Gasteiger partial charge on any atom is -0.466 e. The molecule has 0 amide bonds. The second kappa shape index (κ2) is 9.57. The van der Waals surface area contributed by atoms with Crippen LogP contribution in [-0.4, -0.2) is 79.8 Å². The van der Waals surface area contributed by atoms with E-state index in [1.165, 1.54) is 0 Å². The molecule has 0 spiro atoms. The third kappa shape index (κ3) is 6.23. The summed E-state index contributed by atoms with van der Waals surface area (Å²) in [6.07, 6.45) is 0. The second-order valence-electron chi connectivity index (χ2n) is 7.87. The SMILES string of the molecule is CCNC(=NCC(C)(O)c1cc(C)oc1C)NCC(C)N1CCN(C)CC1. The Hall–Kier alpha value is -1.57. The van der Waals surface area contributed by atoms with Crippen molar-refractivity contribution in [1.82, 2.24) is 20.4 Å². The summed E-state index contributed by atoms with van der Waals surface area (Å²) in [5, 5.41) is 17.6. The molecule has 0 aliphatic carbocycles. The Labute approximate surface area is 163 Å². The molecule has 0 aromatic carbocycles. The van der Waals surface area contributed by atoms with Crippen molar-refractivity contribution in [1.29, 1.82) is 0 Å². The van der Waals surface area contributed by atoms with Crippen LogP contribution in [0, 0.1) is 13.8 Å². The van der Waals surface area contributed by atoms with Crippen molar-refractivity contribution < 1.29 is 9.52 Å². The van der Waals surface area contributed by atoms with Crippen molar-refractivity contribution in [3.63, 3.8) is 0 Å². The van der Waals surface area contributed by atoms with Gasteiger partial charge in [-0.2, -0.15) is 0 Å². The van der Waals surface area contributed by atoms with Crippen LogP contribution in [0.15, 0.2) is 15.5 Å². The zero-order chi connectivity index (χ0) is 20.0. The molecule has 1 aromatic rings. The van der Waals surface area contributed by atoms with Crippen molar-refractivity contribution in [3.8, 4) is 0 Å². The summed E-state index contributed by atoms with van der Waals surface area (Å²) < 4.78 is 5.56. The number of furan rings is 1. The molecule has 7 heteroatoms. The maximum Gasteiger partial charge on any atom is 0.191 e. The molecular weight excluding hydrogens is 342 g/mol. The molecule has 7 nitrogen and oxygen atoms in total. The molecule has 1 saturated heterocycles. The molecule has 2 heterocycles. The van der Waals surface area contributed by atoms with Gasteiger partial charge in [-0.15, -0.1) is 0 Å². The van der Waals surface area contributed by atoms with Gasteiger partial charge in [-0.25, -0.2) is 4.99 Å². The Morgan fingerprint density at radius 1 is 1.30 bits per heavy atom. The molecule has 3 N–H and O–H groups in total. The summed E-state index contributed by atoms with van der Waals surface area (Å²) >= 11 is 0. The van der Waals surface area contributed by atoms with Crippen LogP contribution in [0.3, 0.4) is 0 Å². The minimum atomic E-state index is -1.06. The molecule has 2 rings (SSSR count). The number of guanidine groups is 1. The number of likely N-dealkylation sites (N-methyl/N-ethyl adjacent to an activating group) is 1. The van der Waals surface area contributed by atoms with Crippen molar-refractivity contribution in [2.75, 3.05) is 52.9 Å². The number of aliphatic imine (C=N–C) groups is 1. The van der Waals surface area contributed by atoms with Crippen molar-refractivity contribution in [2.24, 2.45) is 4.99 Å². The first kappa shape index (κ1) is 21.7. The number of nitrogens with zero attached hydrogens (tertiary/aromatic N) is 3. The Balaban J connectivity index is 1.94. The number of nitrogens with one attached hydrogen (secondary N) is 2. The van der Waals surface area contributed by atoms with Crippen molar-refractivity contribution in [3.05, 3.63) is 23.2 Å². The fourth-order valence-electron chi connectivity index (χ4n) is 3.46. The molecule has 0 radical (unpaired) electrons. The van der Waals surface area contributed by atoms with Gasteiger partial charge in [0.05, 0.1) is 6.54 Å². The molecule has 0 bridgehead atoms. The fourth-order valence-corrected chi connectivity index (χ4v) is 3.46. The normalized spacial score (nSPS) is 20.3. The van der Waals surface area contributed by atoms with Crippen LogP contribution in [0.2, 0.25) is 0 Å². The third-order valence-electron chi connectivity index (χ3n) is 5.24. The molecule has 154 valence electrons. The Kier molecular flexibility index (Phi) is 7.70. The molecule has 2 atom stereocenters. The Bertz CT molecular complexity index is 618. The van der Waals surface area contributed by atoms with Crippen molar-refractivity contribution in [2.45, 2.75) is 46.3 Å². The van der Waals surface area contributed by atoms with Crippen LogP contribution in [0.4, 0.5) is 0 Å². The van der Waals surface area contributed by atoms with Gasteiger partial charge in [0.2, 0.25) is 0 Å². The van der Waals surface area contributed by atoms with Crippen LogP contribution in [0.25, 0.3) is 0 Å². The number of piperazine rings is 1. The monoisotopic (exact) mass is 379 g/mol. The number of hydrogen-bond acceptors (Lipinski definition) is 5. The van der Waals surface area contributed by atoms with Gasteiger partial charge in [0.25, 0.3) is 0 Å². The molecule has 1 aliphatic rings. The minimum absolute atomic E-state index is 0.269. The number of rotatable bonds is 7. The van der Waals surface area contributed by atoms with Gasteiger partial charge >= 0.3 is 0 Å². The van der Waals surface area contributed by atoms with Crippen LogP contribution in [0.1, 0.15) is 37.9 Å². The average Bonchev–Trinajstić information content (AvgIpc) is 2.97. The van der Waals surface area contributed by atoms with E-state index < -0.39 is 5.60 Å². The van der Waals surface area contributed by atoms with Gasteiger partial charge in [0.1, 0.15) is 17.1 Å². The highest BCUT2D eigenvalue weighted by molar-refractivity contribution is 5.79. The lowest BCUT2D eigenvalue weighted by molar-refractivity contribution is 0.0656. The molecule has 27 heavy (non-hydrogen) atoms. The van der Waals surface area contributed by atoms with E-state index in [9.17, 15) is 5.11 Å². The van der Waals surface area contributed by atoms with Crippen LogP contribution in [-0.2, 0) is 5.60 Å². The van der Waals surface area contributed by atoms with Gasteiger partial charge in [-0.05, 0) is 47.7 Å². The number of aliphatic hydroxyl groups is 1. The number of aryl methyl sites for hydroxylation is 2. The van der Waals surface area contributed by atoms with E-state index in [0.717, 1.165) is 62.3 Å². The van der Waals surface area contributed by atoms with Gasteiger partial charge in [0.15, 0.2) is 5.96 Å². The second-order valence-corrected chi connectivity index (χ2v) is 7.87. The highest BCUT2D eigenvalue weighted by Gasteiger charge is 2.27. The predicted molar refractivity (Wildman–Crippen MR) is 110 cm³/mol. The first-order chi connectivity index (χ1) is 12.7. The predicted octanol–water partition coefficient (Wildman–Crippen LogP) is 1.29. The lowest BCUT2D eigenvalue weighted by atomic mass is 9.96. The lowest BCUT2D eigenvalue weighted by Gasteiger charge is -2.36. The van der Waals surface area contributed by atoms with E-state index in [2.05, 4.69) is 39.4 Å². The first-order valence-corrected chi connectivity index (χ1v) is 9.97. The van der Waals surface area contributed by atoms with Crippen LogP contribution >= 0.6 is 0 Å². The van der Waals surface area contributed by atoms with E-state index >= 15 is 0 Å². The van der Waals surface area contributed by atoms with E-state index in [1.807, 2.05) is 26.8 Å². The largest absolute Gasteiger partial charge is 0.466 e. The van der Waals surface area contributed by atoms with Crippen LogP contribution in [0.5, 0.6) is 0 Å². The van der Waals surface area contributed by atoms with Gasteiger partial charge in [0, 0.05) is 50.9 Å². The quantitative estimate of drug-likeness (QED) is 0.490. The third-order valence-corrected chi connectivity index (χ3v) is 5.24. The molecule has 1 aromatic heterocycles. The fraction of sp³-hybridized carbons (Fsp3) is 0.750. The average molecular weight is 380 g/mol. The van der Waals surface area contributed by atoms with E-state index in [4.69, 9.17) is 4.42 Å². The summed E-state index contributed by atoms with van der Waals surface area (Å²) in [7, 11) is 2.17. The number of hydrogen-bond donors (Lipinski definition) is 3. The highest BCUT2D eigenvalue weighted by Crippen LogP contribution is 2.27. The maximum absolute atomic E-state index is 10.9. The maximum atomic E-state index is 10.9. The van der Waals surface area contributed by atoms with E-state index in [-0.39, 0.29) is 6.54 Å². The zero-order valence-corrected chi connectivity index (χ0v) is 17.8. The Morgan fingerprint density at radius 2 is 1.96 bits per heavy atom.